The molecule has 0 aromatic heterocycles. The summed E-state index contributed by atoms with van der Waals surface area (Å²) in [6.45, 7) is 1.23. The molecular formula is C41H47N5O3. The number of likely N-dealkylation sites (N-methyl/N-ethyl adjacent to an activating group) is 1. The summed E-state index contributed by atoms with van der Waals surface area (Å²) < 4.78 is 0. The molecule has 2 aliphatic heterocycles. The summed E-state index contributed by atoms with van der Waals surface area (Å²) >= 11 is 0. The molecule has 0 aliphatic carbocycles. The minimum absolute atomic E-state index is 0.0573. The molecule has 5 atom stereocenters. The Bertz CT molecular complexity index is 1610. The highest BCUT2D eigenvalue weighted by atomic mass is 16.2. The van der Waals surface area contributed by atoms with Crippen molar-refractivity contribution in [1.29, 1.82) is 0 Å². The van der Waals surface area contributed by atoms with Gasteiger partial charge in [0, 0.05) is 25.0 Å². The summed E-state index contributed by atoms with van der Waals surface area (Å²) in [6.07, 6.45) is 3.37. The van der Waals surface area contributed by atoms with Crippen LogP contribution >= 0.6 is 0 Å². The summed E-state index contributed by atoms with van der Waals surface area (Å²) in [4.78, 5) is 44.6. The van der Waals surface area contributed by atoms with Gasteiger partial charge < -0.3 is 26.2 Å². The molecule has 2 saturated heterocycles. The Morgan fingerprint density at radius 3 is 1.88 bits per heavy atom. The zero-order valence-corrected chi connectivity index (χ0v) is 28.1. The maximum Gasteiger partial charge on any atom is 0.246 e. The van der Waals surface area contributed by atoms with E-state index < -0.39 is 18.1 Å². The third-order valence-electron chi connectivity index (χ3n) is 10.0. The first kappa shape index (κ1) is 34.1. The smallest absolute Gasteiger partial charge is 0.246 e. The van der Waals surface area contributed by atoms with Crippen LogP contribution in [0.3, 0.4) is 0 Å². The van der Waals surface area contributed by atoms with Crippen molar-refractivity contribution >= 4 is 17.7 Å². The number of benzene rings is 4. The number of nitrogens with one attached hydrogen (secondary N) is 4. The lowest BCUT2D eigenvalue weighted by Gasteiger charge is -2.33. The SMILES string of the molecule is CNC(Cc1ccccc1)C(=O)NC1C(=O)N2C(CCC1CNCc1ccccc1)CC[C@H]2C(=O)NC(c1ccccc1)c1ccccc1. The van der Waals surface area contributed by atoms with E-state index >= 15 is 0 Å². The van der Waals surface area contributed by atoms with Crippen LogP contribution in [0.15, 0.2) is 121 Å². The minimum Gasteiger partial charge on any atom is -0.343 e. The Labute approximate surface area is 289 Å². The Balaban J connectivity index is 1.23. The van der Waals surface area contributed by atoms with E-state index in [1.165, 1.54) is 0 Å². The quantitative estimate of drug-likeness (QED) is 0.166. The lowest BCUT2D eigenvalue weighted by Crippen LogP contribution is -2.59. The predicted octanol–water partition coefficient (Wildman–Crippen LogP) is 4.77. The van der Waals surface area contributed by atoms with E-state index in [0.29, 0.717) is 25.9 Å². The highest BCUT2D eigenvalue weighted by molar-refractivity contribution is 5.94. The molecular weight excluding hydrogens is 610 g/mol. The highest BCUT2D eigenvalue weighted by Gasteiger charge is 2.48. The number of nitrogens with zero attached hydrogens (tertiary/aromatic N) is 1. The fourth-order valence-corrected chi connectivity index (χ4v) is 7.41. The maximum atomic E-state index is 14.7. The summed E-state index contributed by atoms with van der Waals surface area (Å²) in [5, 5.41) is 13.2. The number of hydrogen-bond donors (Lipinski definition) is 4. The van der Waals surface area contributed by atoms with E-state index in [1.54, 1.807) is 11.9 Å². The molecule has 0 radical (unpaired) electrons. The van der Waals surface area contributed by atoms with E-state index in [9.17, 15) is 14.4 Å². The van der Waals surface area contributed by atoms with E-state index in [-0.39, 0.29) is 35.7 Å². The fraction of sp³-hybridized carbons (Fsp3) is 0.341. The molecule has 2 aliphatic rings. The zero-order chi connectivity index (χ0) is 34.0. The van der Waals surface area contributed by atoms with Crippen LogP contribution in [0.5, 0.6) is 0 Å². The molecule has 2 heterocycles. The zero-order valence-electron chi connectivity index (χ0n) is 28.1. The van der Waals surface area contributed by atoms with Gasteiger partial charge in [0.25, 0.3) is 0 Å². The van der Waals surface area contributed by atoms with Crippen LogP contribution in [0.4, 0.5) is 0 Å². The summed E-state index contributed by atoms with van der Waals surface area (Å²) in [5.41, 5.74) is 4.15. The van der Waals surface area contributed by atoms with Gasteiger partial charge in [-0.25, -0.2) is 0 Å². The lowest BCUT2D eigenvalue weighted by atomic mass is 9.92. The third-order valence-corrected chi connectivity index (χ3v) is 10.0. The molecule has 3 amide bonds. The second-order valence-corrected chi connectivity index (χ2v) is 13.2. The maximum absolute atomic E-state index is 14.7. The molecule has 8 heteroatoms. The standard InChI is InChI=1S/C41H47N5O3/c1-42-35(26-29-14-6-2-7-15-29)39(47)45-38-33(28-43-27-30-16-8-3-9-17-30)22-23-34-24-25-36(46(34)41(38)49)40(48)44-37(31-18-10-4-11-19-31)32-20-12-5-13-21-32/h2-21,33-38,42-43H,22-28H2,1H3,(H,44,48)(H,45,47)/t33?,34?,35?,36-,38?/m0/s1. The molecule has 4 N–H and O–H groups in total. The molecule has 0 saturated carbocycles. The van der Waals surface area contributed by atoms with Crippen LogP contribution in [0.2, 0.25) is 0 Å². The second-order valence-electron chi connectivity index (χ2n) is 13.2. The van der Waals surface area contributed by atoms with Crippen LogP contribution < -0.4 is 21.3 Å². The van der Waals surface area contributed by atoms with Crippen LogP contribution in [0.1, 0.15) is 54.0 Å². The van der Waals surface area contributed by atoms with Gasteiger partial charge in [-0.15, -0.1) is 0 Å². The first-order valence-corrected chi connectivity index (χ1v) is 17.5. The number of rotatable bonds is 13. The van der Waals surface area contributed by atoms with Crippen molar-refractivity contribution in [2.75, 3.05) is 13.6 Å². The van der Waals surface area contributed by atoms with Gasteiger partial charge in [0.2, 0.25) is 17.7 Å². The minimum atomic E-state index is -0.764. The van der Waals surface area contributed by atoms with E-state index in [2.05, 4.69) is 33.4 Å². The van der Waals surface area contributed by atoms with Gasteiger partial charge in [-0.1, -0.05) is 121 Å². The summed E-state index contributed by atoms with van der Waals surface area (Å²) in [5.74, 6) is -0.697. The lowest BCUT2D eigenvalue weighted by molar-refractivity contribution is -0.143. The van der Waals surface area contributed by atoms with Crippen molar-refractivity contribution in [2.45, 2.75) is 68.9 Å². The summed E-state index contributed by atoms with van der Waals surface area (Å²) in [6, 6.07) is 37.6. The van der Waals surface area contributed by atoms with Crippen molar-refractivity contribution in [3.05, 3.63) is 144 Å². The van der Waals surface area contributed by atoms with Gasteiger partial charge in [-0.2, -0.15) is 0 Å². The third kappa shape index (κ3) is 8.45. The van der Waals surface area contributed by atoms with E-state index in [4.69, 9.17) is 0 Å². The Kier molecular flexibility index (Phi) is 11.5. The molecule has 0 spiro atoms. The van der Waals surface area contributed by atoms with Gasteiger partial charge in [0.05, 0.1) is 12.1 Å². The molecule has 4 aromatic rings. The van der Waals surface area contributed by atoms with Gasteiger partial charge in [-0.05, 0) is 61.4 Å². The average molecular weight is 658 g/mol. The number of carbonyl (C=O) groups is 3. The Morgan fingerprint density at radius 2 is 1.29 bits per heavy atom. The number of amides is 3. The molecule has 6 rings (SSSR count). The molecule has 254 valence electrons. The predicted molar refractivity (Wildman–Crippen MR) is 192 cm³/mol. The monoisotopic (exact) mass is 657 g/mol. The fourth-order valence-electron chi connectivity index (χ4n) is 7.41. The van der Waals surface area contributed by atoms with Crippen molar-refractivity contribution in [3.63, 3.8) is 0 Å². The summed E-state index contributed by atoms with van der Waals surface area (Å²) in [7, 11) is 1.77. The molecule has 0 bridgehead atoms. The van der Waals surface area contributed by atoms with Crippen LogP contribution in [-0.2, 0) is 27.3 Å². The number of carbonyl (C=O) groups excluding carboxylic acids is 3. The molecule has 4 unspecified atom stereocenters. The molecule has 49 heavy (non-hydrogen) atoms. The van der Waals surface area contributed by atoms with Crippen molar-refractivity contribution < 1.29 is 14.4 Å². The topological polar surface area (TPSA) is 103 Å². The van der Waals surface area contributed by atoms with Crippen LogP contribution in [0.25, 0.3) is 0 Å². The molecule has 4 aromatic carbocycles. The normalized spacial score (nSPS) is 21.1. The second kappa shape index (κ2) is 16.5. The van der Waals surface area contributed by atoms with Crippen LogP contribution in [0, 0.1) is 5.92 Å². The van der Waals surface area contributed by atoms with Crippen molar-refractivity contribution in [2.24, 2.45) is 5.92 Å². The molecule has 2 fully saturated rings. The van der Waals surface area contributed by atoms with Gasteiger partial charge in [-0.3, -0.25) is 14.4 Å². The van der Waals surface area contributed by atoms with Gasteiger partial charge in [0.15, 0.2) is 0 Å². The average Bonchev–Trinajstić information content (AvgIpc) is 3.53. The first-order valence-electron chi connectivity index (χ1n) is 17.5. The van der Waals surface area contributed by atoms with E-state index in [0.717, 1.165) is 41.5 Å². The largest absolute Gasteiger partial charge is 0.343 e. The Morgan fingerprint density at radius 1 is 0.735 bits per heavy atom. The first-order chi connectivity index (χ1) is 24.0. The Hall–Kier alpha value is -4.79. The van der Waals surface area contributed by atoms with Crippen molar-refractivity contribution in [1.82, 2.24) is 26.2 Å². The number of fused-ring (bicyclic) bond motifs is 1. The highest BCUT2D eigenvalue weighted by Crippen LogP contribution is 2.35. The van der Waals surface area contributed by atoms with Crippen molar-refractivity contribution in [3.8, 4) is 0 Å². The van der Waals surface area contributed by atoms with Crippen LogP contribution in [-0.4, -0.2) is 60.4 Å². The molecule has 8 nitrogen and oxygen atoms in total. The van der Waals surface area contributed by atoms with E-state index in [1.807, 2.05) is 109 Å². The number of hydrogen-bond acceptors (Lipinski definition) is 5. The van der Waals surface area contributed by atoms with Gasteiger partial charge in [0.1, 0.15) is 12.1 Å². The van der Waals surface area contributed by atoms with Gasteiger partial charge >= 0.3 is 0 Å².